The highest BCUT2D eigenvalue weighted by molar-refractivity contribution is 6.34. The predicted octanol–water partition coefficient (Wildman–Crippen LogP) is 2.32. The number of H-pyrrole nitrogens is 1. The standard InChI is InChI=1S/C9H5ClFNO/c10-6-3-1-2-5-4-7(11)9(13)12-8(5)6/h1-4H,(H,12,13). The molecule has 0 saturated carbocycles. The van der Waals surface area contributed by atoms with Crippen LogP contribution in [-0.4, -0.2) is 4.98 Å². The quantitative estimate of drug-likeness (QED) is 0.691. The van der Waals surface area contributed by atoms with Crippen molar-refractivity contribution in [2.45, 2.75) is 0 Å². The van der Waals surface area contributed by atoms with Gasteiger partial charge in [0.05, 0.1) is 10.5 Å². The Hall–Kier alpha value is -1.35. The van der Waals surface area contributed by atoms with E-state index < -0.39 is 11.4 Å². The molecule has 2 nitrogen and oxygen atoms in total. The first-order valence-corrected chi connectivity index (χ1v) is 4.03. The van der Waals surface area contributed by atoms with Gasteiger partial charge in [-0.2, -0.15) is 0 Å². The molecule has 1 aromatic carbocycles. The van der Waals surface area contributed by atoms with Gasteiger partial charge in [0, 0.05) is 5.39 Å². The zero-order chi connectivity index (χ0) is 9.42. The predicted molar refractivity (Wildman–Crippen MR) is 49.5 cm³/mol. The second kappa shape index (κ2) is 2.85. The van der Waals surface area contributed by atoms with Crippen molar-refractivity contribution in [1.29, 1.82) is 0 Å². The molecule has 1 heterocycles. The van der Waals surface area contributed by atoms with Crippen LogP contribution in [0.1, 0.15) is 0 Å². The number of pyridine rings is 1. The van der Waals surface area contributed by atoms with Crippen LogP contribution in [0.25, 0.3) is 10.9 Å². The van der Waals surface area contributed by atoms with E-state index in [4.69, 9.17) is 11.6 Å². The molecule has 0 spiro atoms. The number of aromatic nitrogens is 1. The van der Waals surface area contributed by atoms with Crippen molar-refractivity contribution in [3.63, 3.8) is 0 Å². The van der Waals surface area contributed by atoms with Gasteiger partial charge in [-0.05, 0) is 12.1 Å². The first kappa shape index (κ1) is 8.26. The highest BCUT2D eigenvalue weighted by atomic mass is 35.5. The van der Waals surface area contributed by atoms with E-state index in [9.17, 15) is 9.18 Å². The molecule has 2 rings (SSSR count). The van der Waals surface area contributed by atoms with Crippen molar-refractivity contribution in [1.82, 2.24) is 4.98 Å². The fraction of sp³-hybridized carbons (Fsp3) is 0. The van der Waals surface area contributed by atoms with E-state index in [0.29, 0.717) is 15.9 Å². The molecule has 0 aliphatic heterocycles. The van der Waals surface area contributed by atoms with E-state index >= 15 is 0 Å². The Morgan fingerprint density at radius 3 is 2.92 bits per heavy atom. The van der Waals surface area contributed by atoms with Crippen LogP contribution < -0.4 is 5.56 Å². The fourth-order valence-electron chi connectivity index (χ4n) is 1.17. The molecule has 4 heteroatoms. The lowest BCUT2D eigenvalue weighted by Gasteiger charge is -1.98. The maximum absolute atomic E-state index is 12.8. The van der Waals surface area contributed by atoms with Crippen molar-refractivity contribution >= 4 is 22.5 Å². The summed E-state index contributed by atoms with van der Waals surface area (Å²) >= 11 is 5.79. The topological polar surface area (TPSA) is 32.9 Å². The summed E-state index contributed by atoms with van der Waals surface area (Å²) in [5, 5.41) is 0.999. The molecule has 0 unspecified atom stereocenters. The lowest BCUT2D eigenvalue weighted by atomic mass is 10.2. The Bertz CT molecular complexity index is 520. The molecule has 0 aliphatic rings. The minimum atomic E-state index is -0.797. The second-order valence-electron chi connectivity index (χ2n) is 2.65. The van der Waals surface area contributed by atoms with Crippen molar-refractivity contribution < 1.29 is 4.39 Å². The molecule has 0 atom stereocenters. The van der Waals surface area contributed by atoms with Crippen molar-refractivity contribution in [3.8, 4) is 0 Å². The summed E-state index contributed by atoms with van der Waals surface area (Å²) in [6.45, 7) is 0. The van der Waals surface area contributed by atoms with Crippen LogP contribution >= 0.6 is 11.6 Å². The summed E-state index contributed by atoms with van der Waals surface area (Å²) in [7, 11) is 0. The first-order valence-electron chi connectivity index (χ1n) is 3.65. The number of benzene rings is 1. The smallest absolute Gasteiger partial charge is 0.284 e. The fourth-order valence-corrected chi connectivity index (χ4v) is 1.40. The molecule has 0 fully saturated rings. The molecule has 0 amide bonds. The van der Waals surface area contributed by atoms with Gasteiger partial charge in [0.15, 0.2) is 5.82 Å². The minimum absolute atomic E-state index is 0.412. The van der Waals surface area contributed by atoms with Gasteiger partial charge in [0.2, 0.25) is 0 Å². The maximum atomic E-state index is 12.8. The summed E-state index contributed by atoms with van der Waals surface area (Å²) in [4.78, 5) is 13.3. The third kappa shape index (κ3) is 1.31. The van der Waals surface area contributed by atoms with Crippen molar-refractivity contribution in [3.05, 3.63) is 45.5 Å². The molecule has 66 valence electrons. The van der Waals surface area contributed by atoms with Crippen LogP contribution in [0.4, 0.5) is 4.39 Å². The summed E-state index contributed by atoms with van der Waals surface area (Å²) in [5.74, 6) is -0.797. The van der Waals surface area contributed by atoms with Gasteiger partial charge in [-0.25, -0.2) is 4.39 Å². The molecular formula is C9H5ClFNO. The molecular weight excluding hydrogens is 193 g/mol. The molecule has 0 saturated heterocycles. The van der Waals surface area contributed by atoms with Crippen LogP contribution in [0, 0.1) is 5.82 Å². The van der Waals surface area contributed by atoms with Gasteiger partial charge in [0.1, 0.15) is 0 Å². The number of rotatable bonds is 0. The van der Waals surface area contributed by atoms with Gasteiger partial charge >= 0.3 is 0 Å². The number of para-hydroxylation sites is 1. The Balaban J connectivity index is 2.97. The lowest BCUT2D eigenvalue weighted by Crippen LogP contribution is -2.09. The number of hydrogen-bond donors (Lipinski definition) is 1. The van der Waals surface area contributed by atoms with Gasteiger partial charge in [-0.1, -0.05) is 23.7 Å². The van der Waals surface area contributed by atoms with E-state index in [2.05, 4.69) is 4.98 Å². The second-order valence-corrected chi connectivity index (χ2v) is 3.06. The van der Waals surface area contributed by atoms with E-state index in [-0.39, 0.29) is 0 Å². The first-order chi connectivity index (χ1) is 6.18. The van der Waals surface area contributed by atoms with E-state index in [1.807, 2.05) is 0 Å². The van der Waals surface area contributed by atoms with Crippen LogP contribution in [0.2, 0.25) is 5.02 Å². The zero-order valence-electron chi connectivity index (χ0n) is 6.47. The molecule has 13 heavy (non-hydrogen) atoms. The molecule has 0 bridgehead atoms. The van der Waals surface area contributed by atoms with Crippen LogP contribution in [0.15, 0.2) is 29.1 Å². The van der Waals surface area contributed by atoms with Crippen LogP contribution in [0.5, 0.6) is 0 Å². The molecule has 0 radical (unpaired) electrons. The molecule has 1 N–H and O–H groups in total. The number of nitrogens with one attached hydrogen (secondary N) is 1. The highest BCUT2D eigenvalue weighted by Crippen LogP contribution is 2.19. The van der Waals surface area contributed by atoms with Gasteiger partial charge in [-0.15, -0.1) is 0 Å². The summed E-state index contributed by atoms with van der Waals surface area (Å²) in [5.41, 5.74) is -0.281. The van der Waals surface area contributed by atoms with Crippen LogP contribution in [0.3, 0.4) is 0 Å². The van der Waals surface area contributed by atoms with Crippen molar-refractivity contribution in [2.24, 2.45) is 0 Å². The number of aromatic amines is 1. The number of fused-ring (bicyclic) bond motifs is 1. The Kier molecular flexibility index (Phi) is 1.81. The van der Waals surface area contributed by atoms with E-state index in [1.165, 1.54) is 6.07 Å². The minimum Gasteiger partial charge on any atom is -0.318 e. The van der Waals surface area contributed by atoms with Crippen molar-refractivity contribution in [2.75, 3.05) is 0 Å². The van der Waals surface area contributed by atoms with E-state index in [0.717, 1.165) is 0 Å². The van der Waals surface area contributed by atoms with Crippen LogP contribution in [-0.2, 0) is 0 Å². The lowest BCUT2D eigenvalue weighted by molar-refractivity contribution is 0.612. The van der Waals surface area contributed by atoms with E-state index in [1.54, 1.807) is 18.2 Å². The Morgan fingerprint density at radius 2 is 2.15 bits per heavy atom. The molecule has 0 aliphatic carbocycles. The monoisotopic (exact) mass is 197 g/mol. The SMILES string of the molecule is O=c1[nH]c2c(Cl)cccc2cc1F. The Labute approximate surface area is 78.0 Å². The third-order valence-electron chi connectivity index (χ3n) is 1.78. The third-order valence-corrected chi connectivity index (χ3v) is 2.10. The van der Waals surface area contributed by atoms with Gasteiger partial charge in [0.25, 0.3) is 5.56 Å². The molecule has 1 aromatic heterocycles. The zero-order valence-corrected chi connectivity index (χ0v) is 7.23. The Morgan fingerprint density at radius 1 is 1.38 bits per heavy atom. The number of halogens is 2. The maximum Gasteiger partial charge on any atom is 0.284 e. The number of hydrogen-bond acceptors (Lipinski definition) is 1. The summed E-state index contributed by atoms with van der Waals surface area (Å²) in [6, 6.07) is 6.18. The largest absolute Gasteiger partial charge is 0.318 e. The average molecular weight is 198 g/mol. The highest BCUT2D eigenvalue weighted by Gasteiger charge is 2.03. The normalized spacial score (nSPS) is 10.6. The summed E-state index contributed by atoms with van der Waals surface area (Å²) < 4.78 is 12.8. The summed E-state index contributed by atoms with van der Waals surface area (Å²) in [6.07, 6.45) is 0. The average Bonchev–Trinajstić information content (AvgIpc) is 2.09. The van der Waals surface area contributed by atoms with Gasteiger partial charge in [-0.3, -0.25) is 4.79 Å². The molecule has 2 aromatic rings. The van der Waals surface area contributed by atoms with Gasteiger partial charge < -0.3 is 4.98 Å².